The molecule has 1 heterocycles. The van der Waals surface area contributed by atoms with Crippen LogP contribution in [0.3, 0.4) is 0 Å². The number of aromatic nitrogens is 3. The molecule has 0 aliphatic carbocycles. The third-order valence-electron chi connectivity index (χ3n) is 3.38. The Morgan fingerprint density at radius 3 is 2.67 bits per heavy atom. The first kappa shape index (κ1) is 18.9. The number of nitrogens with zero attached hydrogens (tertiary/aromatic N) is 2. The number of amides is 1. The van der Waals surface area contributed by atoms with Crippen molar-refractivity contribution < 1.29 is 4.79 Å². The van der Waals surface area contributed by atoms with Crippen LogP contribution in [-0.2, 0) is 4.79 Å². The van der Waals surface area contributed by atoms with Crippen LogP contribution in [0.5, 0.6) is 0 Å². The minimum Gasteiger partial charge on any atom is -0.325 e. The summed E-state index contributed by atoms with van der Waals surface area (Å²) < 4.78 is 0. The van der Waals surface area contributed by atoms with Gasteiger partial charge in [-0.15, -0.1) is 10.2 Å². The number of hydrogen-bond acceptors (Lipinski definition) is 5. The number of carbonyl (C=O) groups is 1. The molecule has 0 atom stereocenters. The van der Waals surface area contributed by atoms with E-state index >= 15 is 0 Å². The monoisotopic (exact) mass is 398 g/mol. The number of thioether (sulfide) groups is 1. The number of hydrogen-bond donors (Lipinski definition) is 2. The summed E-state index contributed by atoms with van der Waals surface area (Å²) in [5.41, 5.74) is 1.39. The lowest BCUT2D eigenvalue weighted by Gasteiger charge is -2.05. The van der Waals surface area contributed by atoms with Gasteiger partial charge in [-0.05, 0) is 29.8 Å². The highest BCUT2D eigenvalue weighted by Gasteiger charge is 2.07. The number of benzene rings is 2. The van der Waals surface area contributed by atoms with Gasteiger partial charge in [0.15, 0.2) is 10.9 Å². The molecule has 8 heteroatoms. The van der Waals surface area contributed by atoms with Gasteiger partial charge in [0.2, 0.25) is 5.91 Å². The summed E-state index contributed by atoms with van der Waals surface area (Å²) >= 11 is 6.97. The molecule has 0 saturated carbocycles. The zero-order valence-corrected chi connectivity index (χ0v) is 15.6. The van der Waals surface area contributed by atoms with E-state index in [9.17, 15) is 9.59 Å². The second-order valence-electron chi connectivity index (χ2n) is 5.44. The van der Waals surface area contributed by atoms with Gasteiger partial charge in [-0.3, -0.25) is 14.6 Å². The van der Waals surface area contributed by atoms with E-state index in [1.165, 1.54) is 0 Å². The highest BCUT2D eigenvalue weighted by molar-refractivity contribution is 7.99. The second-order valence-corrected chi connectivity index (χ2v) is 6.84. The minimum atomic E-state index is -0.366. The van der Waals surface area contributed by atoms with Crippen LogP contribution in [-0.4, -0.2) is 26.8 Å². The summed E-state index contributed by atoms with van der Waals surface area (Å²) in [4.78, 5) is 26.7. The first-order chi connectivity index (χ1) is 13.1. The molecule has 0 aliphatic heterocycles. The SMILES string of the molecule is O=C(CSc1nnc(/C=C/c2ccccc2)c(=O)[nH]1)Nc1cccc(Cl)c1. The Hall–Kier alpha value is -2.90. The van der Waals surface area contributed by atoms with E-state index in [2.05, 4.69) is 20.5 Å². The van der Waals surface area contributed by atoms with E-state index in [-0.39, 0.29) is 28.1 Å². The molecule has 0 bridgehead atoms. The second kappa shape index (κ2) is 9.16. The van der Waals surface area contributed by atoms with E-state index < -0.39 is 0 Å². The number of carbonyl (C=O) groups excluding carboxylic acids is 1. The zero-order valence-electron chi connectivity index (χ0n) is 14.1. The smallest absolute Gasteiger partial charge is 0.277 e. The van der Waals surface area contributed by atoms with Gasteiger partial charge in [0.05, 0.1) is 5.75 Å². The first-order valence-corrected chi connectivity index (χ1v) is 9.35. The molecule has 27 heavy (non-hydrogen) atoms. The number of halogens is 1. The Labute approximate surface area is 164 Å². The van der Waals surface area contributed by atoms with Gasteiger partial charge >= 0.3 is 0 Å². The van der Waals surface area contributed by atoms with Crippen molar-refractivity contribution >= 4 is 47.1 Å². The molecule has 1 aromatic heterocycles. The van der Waals surface area contributed by atoms with Gasteiger partial charge in [0.1, 0.15) is 0 Å². The van der Waals surface area contributed by atoms with Gasteiger partial charge in [0.25, 0.3) is 5.56 Å². The summed E-state index contributed by atoms with van der Waals surface area (Å²) in [6.07, 6.45) is 3.38. The topological polar surface area (TPSA) is 87.7 Å². The number of nitrogens with one attached hydrogen (secondary N) is 2. The standard InChI is InChI=1S/C19H15ClN4O2S/c20-14-7-4-8-15(11-14)21-17(25)12-27-19-22-18(26)16(23-24-19)10-9-13-5-2-1-3-6-13/h1-11H,12H2,(H,21,25)(H,22,24,26)/b10-9+. The molecule has 0 fully saturated rings. The Bertz CT molecular complexity index is 1020. The zero-order chi connectivity index (χ0) is 19.1. The van der Waals surface area contributed by atoms with Crippen LogP contribution in [0.25, 0.3) is 12.2 Å². The van der Waals surface area contributed by atoms with Gasteiger partial charge in [-0.1, -0.05) is 65.8 Å². The van der Waals surface area contributed by atoms with Crippen LogP contribution in [0.1, 0.15) is 11.3 Å². The van der Waals surface area contributed by atoms with E-state index in [0.717, 1.165) is 17.3 Å². The molecule has 136 valence electrons. The van der Waals surface area contributed by atoms with Gasteiger partial charge < -0.3 is 5.32 Å². The maximum atomic E-state index is 12.1. The summed E-state index contributed by atoms with van der Waals surface area (Å²) in [6, 6.07) is 16.4. The molecule has 6 nitrogen and oxygen atoms in total. The van der Waals surface area contributed by atoms with Gasteiger partial charge in [-0.25, -0.2) is 0 Å². The van der Waals surface area contributed by atoms with Crippen molar-refractivity contribution in [1.82, 2.24) is 15.2 Å². The van der Waals surface area contributed by atoms with E-state index in [1.54, 1.807) is 36.4 Å². The molecule has 1 amide bonds. The molecular formula is C19H15ClN4O2S. The van der Waals surface area contributed by atoms with Crippen LogP contribution in [0.4, 0.5) is 5.69 Å². The predicted molar refractivity (Wildman–Crippen MR) is 109 cm³/mol. The minimum absolute atomic E-state index is 0.0797. The average molecular weight is 399 g/mol. The Kier molecular flexibility index (Phi) is 6.40. The summed E-state index contributed by atoms with van der Waals surface area (Å²) in [5, 5.41) is 11.4. The van der Waals surface area contributed by atoms with E-state index in [4.69, 9.17) is 11.6 Å². The molecule has 2 N–H and O–H groups in total. The predicted octanol–water partition coefficient (Wildman–Crippen LogP) is 3.72. The lowest BCUT2D eigenvalue weighted by atomic mass is 10.2. The maximum absolute atomic E-state index is 12.1. The normalized spacial score (nSPS) is 10.9. The van der Waals surface area contributed by atoms with Gasteiger partial charge in [-0.2, -0.15) is 0 Å². The van der Waals surface area contributed by atoms with Crippen LogP contribution in [0, 0.1) is 0 Å². The number of anilines is 1. The Balaban J connectivity index is 1.58. The quantitative estimate of drug-likeness (QED) is 0.618. The lowest BCUT2D eigenvalue weighted by Crippen LogP contribution is -2.17. The lowest BCUT2D eigenvalue weighted by molar-refractivity contribution is -0.113. The van der Waals surface area contributed by atoms with E-state index in [1.807, 2.05) is 30.3 Å². The fraction of sp³-hybridized carbons (Fsp3) is 0.0526. The fourth-order valence-electron chi connectivity index (χ4n) is 2.14. The summed E-state index contributed by atoms with van der Waals surface area (Å²) in [6.45, 7) is 0. The number of aromatic amines is 1. The third kappa shape index (κ3) is 5.80. The maximum Gasteiger partial charge on any atom is 0.277 e. The van der Waals surface area contributed by atoms with Crippen molar-refractivity contribution in [3.8, 4) is 0 Å². The van der Waals surface area contributed by atoms with Gasteiger partial charge in [0, 0.05) is 10.7 Å². The van der Waals surface area contributed by atoms with E-state index in [0.29, 0.717) is 10.7 Å². The van der Waals surface area contributed by atoms with Crippen molar-refractivity contribution in [2.24, 2.45) is 0 Å². The van der Waals surface area contributed by atoms with Crippen molar-refractivity contribution in [3.05, 3.63) is 81.2 Å². The number of rotatable bonds is 6. The molecular weight excluding hydrogens is 384 g/mol. The summed E-state index contributed by atoms with van der Waals surface area (Å²) in [5.74, 6) is -0.158. The highest BCUT2D eigenvalue weighted by atomic mass is 35.5. The van der Waals surface area contributed by atoms with Crippen LogP contribution in [0.15, 0.2) is 64.5 Å². The average Bonchev–Trinajstić information content (AvgIpc) is 2.66. The van der Waals surface area contributed by atoms with Crippen LogP contribution < -0.4 is 10.9 Å². The molecule has 3 aromatic rings. The Morgan fingerprint density at radius 1 is 1.11 bits per heavy atom. The molecule has 2 aromatic carbocycles. The molecule has 0 radical (unpaired) electrons. The fourth-order valence-corrected chi connectivity index (χ4v) is 2.94. The van der Waals surface area contributed by atoms with Crippen molar-refractivity contribution in [2.75, 3.05) is 11.1 Å². The van der Waals surface area contributed by atoms with Crippen molar-refractivity contribution in [2.45, 2.75) is 5.16 Å². The van der Waals surface area contributed by atoms with Crippen molar-refractivity contribution in [1.29, 1.82) is 0 Å². The molecule has 0 unspecified atom stereocenters. The van der Waals surface area contributed by atoms with Crippen LogP contribution in [0.2, 0.25) is 5.02 Å². The largest absolute Gasteiger partial charge is 0.325 e. The summed E-state index contributed by atoms with van der Waals surface area (Å²) in [7, 11) is 0. The molecule has 0 spiro atoms. The Morgan fingerprint density at radius 2 is 1.93 bits per heavy atom. The number of H-pyrrole nitrogens is 1. The molecule has 0 aliphatic rings. The third-order valence-corrected chi connectivity index (χ3v) is 4.48. The van der Waals surface area contributed by atoms with Crippen LogP contribution >= 0.6 is 23.4 Å². The molecule has 0 saturated heterocycles. The molecule has 3 rings (SSSR count). The first-order valence-electron chi connectivity index (χ1n) is 7.98. The van der Waals surface area contributed by atoms with Crippen molar-refractivity contribution in [3.63, 3.8) is 0 Å². The highest BCUT2D eigenvalue weighted by Crippen LogP contribution is 2.16.